The second kappa shape index (κ2) is 6.84. The number of fused-ring (bicyclic) bond motifs is 1. The lowest BCUT2D eigenvalue weighted by molar-refractivity contribution is 0.334. The molecule has 27 heavy (non-hydrogen) atoms. The van der Waals surface area contributed by atoms with E-state index in [1.807, 2.05) is 0 Å². The van der Waals surface area contributed by atoms with E-state index >= 15 is 0 Å². The maximum absolute atomic E-state index is 4.54. The van der Waals surface area contributed by atoms with Gasteiger partial charge in [-0.1, -0.05) is 67.3 Å². The lowest BCUT2D eigenvalue weighted by Gasteiger charge is -2.27. The smallest absolute Gasteiger partial charge is 0.0927 e. The van der Waals surface area contributed by atoms with Gasteiger partial charge in [-0.25, -0.2) is 0 Å². The van der Waals surface area contributed by atoms with Crippen LogP contribution in [-0.4, -0.2) is 10.2 Å². The minimum absolute atomic E-state index is 0.624. The minimum Gasteiger partial charge on any atom is -0.277 e. The van der Waals surface area contributed by atoms with Crippen LogP contribution in [0.15, 0.2) is 54.6 Å². The molecule has 3 aromatic rings. The van der Waals surface area contributed by atoms with E-state index in [0.29, 0.717) is 5.92 Å². The van der Waals surface area contributed by atoms with E-state index in [0.717, 1.165) is 22.9 Å². The Morgan fingerprint density at radius 2 is 1.81 bits per heavy atom. The molecule has 1 atom stereocenters. The number of H-pyrrole nitrogens is 1. The predicted octanol–water partition coefficient (Wildman–Crippen LogP) is 6.74. The van der Waals surface area contributed by atoms with Crippen LogP contribution >= 0.6 is 0 Å². The van der Waals surface area contributed by atoms with Gasteiger partial charge in [-0.15, -0.1) is 0 Å². The van der Waals surface area contributed by atoms with Gasteiger partial charge >= 0.3 is 0 Å². The monoisotopic (exact) mass is 354 g/mol. The highest BCUT2D eigenvalue weighted by atomic mass is 15.1. The van der Waals surface area contributed by atoms with Crippen molar-refractivity contribution in [2.24, 2.45) is 5.92 Å². The zero-order chi connectivity index (χ0) is 18.2. The number of aryl methyl sites for hydroxylation is 1. The Morgan fingerprint density at radius 1 is 0.926 bits per heavy atom. The van der Waals surface area contributed by atoms with Crippen molar-refractivity contribution in [3.63, 3.8) is 0 Å². The standard InChI is InChI=1S/C25H26N2/c1-17-6-5-9-20(14-17)24-16-25(27-26-24)21-11-13-23-19(15-21)10-12-22(23)18-7-3-2-4-8-18/h5-6,9-16,18,22H,2-4,7-8H2,1H3,(H,26,27). The molecule has 0 bridgehead atoms. The summed E-state index contributed by atoms with van der Waals surface area (Å²) in [5.74, 6) is 1.46. The van der Waals surface area contributed by atoms with Crippen molar-refractivity contribution in [1.82, 2.24) is 10.2 Å². The first-order valence-corrected chi connectivity index (χ1v) is 10.2. The van der Waals surface area contributed by atoms with E-state index in [1.54, 1.807) is 0 Å². The van der Waals surface area contributed by atoms with Crippen LogP contribution in [0.3, 0.4) is 0 Å². The Balaban J connectivity index is 1.42. The first-order chi connectivity index (χ1) is 13.3. The molecule has 1 fully saturated rings. The lowest BCUT2D eigenvalue weighted by Crippen LogP contribution is -2.13. The molecule has 2 nitrogen and oxygen atoms in total. The number of aromatic amines is 1. The van der Waals surface area contributed by atoms with E-state index in [9.17, 15) is 0 Å². The quantitative estimate of drug-likeness (QED) is 0.554. The van der Waals surface area contributed by atoms with Crippen molar-refractivity contribution in [3.8, 4) is 22.5 Å². The topological polar surface area (TPSA) is 28.7 Å². The fourth-order valence-corrected chi connectivity index (χ4v) is 4.83. The van der Waals surface area contributed by atoms with Crippen LogP contribution < -0.4 is 0 Å². The second-order valence-corrected chi connectivity index (χ2v) is 8.16. The number of rotatable bonds is 3. The molecule has 2 heteroatoms. The van der Waals surface area contributed by atoms with Crippen LogP contribution in [0.25, 0.3) is 28.6 Å². The van der Waals surface area contributed by atoms with Crippen LogP contribution in [0.2, 0.25) is 0 Å². The summed E-state index contributed by atoms with van der Waals surface area (Å²) in [6, 6.07) is 17.6. The molecular weight excluding hydrogens is 328 g/mol. The Bertz CT molecular complexity index is 989. The highest BCUT2D eigenvalue weighted by Crippen LogP contribution is 2.43. The molecule has 0 amide bonds. The molecule has 0 aliphatic heterocycles. The van der Waals surface area contributed by atoms with E-state index in [2.05, 4.69) is 77.8 Å². The van der Waals surface area contributed by atoms with E-state index in [4.69, 9.17) is 0 Å². The van der Waals surface area contributed by atoms with Gasteiger partial charge in [-0.05, 0) is 55.0 Å². The summed E-state index contributed by atoms with van der Waals surface area (Å²) in [7, 11) is 0. The fraction of sp³-hybridized carbons (Fsp3) is 0.320. The van der Waals surface area contributed by atoms with Gasteiger partial charge in [0.15, 0.2) is 0 Å². The van der Waals surface area contributed by atoms with Gasteiger partial charge in [0.2, 0.25) is 0 Å². The molecular formula is C25H26N2. The molecule has 1 heterocycles. The van der Waals surface area contributed by atoms with Crippen molar-refractivity contribution >= 4 is 6.08 Å². The number of hydrogen-bond donors (Lipinski definition) is 1. The van der Waals surface area contributed by atoms with Gasteiger partial charge in [0, 0.05) is 17.0 Å². The molecule has 1 unspecified atom stereocenters. The van der Waals surface area contributed by atoms with Gasteiger partial charge < -0.3 is 0 Å². The zero-order valence-corrected chi connectivity index (χ0v) is 15.9. The summed E-state index contributed by atoms with van der Waals surface area (Å²) < 4.78 is 0. The number of hydrogen-bond acceptors (Lipinski definition) is 1. The first kappa shape index (κ1) is 16.6. The highest BCUT2D eigenvalue weighted by Gasteiger charge is 2.27. The van der Waals surface area contributed by atoms with Crippen molar-refractivity contribution in [1.29, 1.82) is 0 Å². The summed E-state index contributed by atoms with van der Waals surface area (Å²) in [5, 5.41) is 7.77. The summed E-state index contributed by atoms with van der Waals surface area (Å²) >= 11 is 0. The molecule has 5 rings (SSSR count). The molecule has 136 valence electrons. The molecule has 1 aromatic heterocycles. The average Bonchev–Trinajstić information content (AvgIpc) is 3.36. The number of aromatic nitrogens is 2. The van der Waals surface area contributed by atoms with Gasteiger partial charge in [0.05, 0.1) is 11.4 Å². The molecule has 0 spiro atoms. The lowest BCUT2D eigenvalue weighted by atomic mass is 9.78. The average molecular weight is 354 g/mol. The third kappa shape index (κ3) is 3.14. The van der Waals surface area contributed by atoms with Crippen LogP contribution in [0, 0.1) is 12.8 Å². The number of nitrogens with one attached hydrogen (secondary N) is 1. The maximum Gasteiger partial charge on any atom is 0.0927 e. The van der Waals surface area contributed by atoms with E-state index in [-0.39, 0.29) is 0 Å². The van der Waals surface area contributed by atoms with Gasteiger partial charge in [0.25, 0.3) is 0 Å². The van der Waals surface area contributed by atoms with Crippen LogP contribution in [0.4, 0.5) is 0 Å². The molecule has 2 aliphatic rings. The Kier molecular flexibility index (Phi) is 4.20. The molecule has 2 aliphatic carbocycles. The summed E-state index contributed by atoms with van der Waals surface area (Å²) in [6.45, 7) is 2.12. The van der Waals surface area contributed by atoms with Crippen molar-refractivity contribution in [3.05, 3.63) is 71.3 Å². The molecule has 2 aromatic carbocycles. The third-order valence-corrected chi connectivity index (χ3v) is 6.29. The Hall–Kier alpha value is -2.61. The molecule has 0 radical (unpaired) electrons. The van der Waals surface area contributed by atoms with Gasteiger partial charge in [-0.3, -0.25) is 5.10 Å². The summed E-state index contributed by atoms with van der Waals surface area (Å²) in [5.41, 5.74) is 8.63. The second-order valence-electron chi connectivity index (χ2n) is 8.16. The largest absolute Gasteiger partial charge is 0.277 e. The summed E-state index contributed by atoms with van der Waals surface area (Å²) in [4.78, 5) is 0. The normalized spacial score (nSPS) is 19.4. The minimum atomic E-state index is 0.624. The highest BCUT2D eigenvalue weighted by molar-refractivity contribution is 5.73. The van der Waals surface area contributed by atoms with Crippen molar-refractivity contribution in [2.75, 3.05) is 0 Å². The number of nitrogens with zero attached hydrogens (tertiary/aromatic N) is 1. The Labute approximate surface area is 161 Å². The molecule has 1 N–H and O–H groups in total. The van der Waals surface area contributed by atoms with Crippen LogP contribution in [0.5, 0.6) is 0 Å². The maximum atomic E-state index is 4.54. The predicted molar refractivity (Wildman–Crippen MR) is 113 cm³/mol. The van der Waals surface area contributed by atoms with Crippen LogP contribution in [-0.2, 0) is 0 Å². The van der Waals surface area contributed by atoms with E-state index in [1.165, 1.54) is 54.4 Å². The van der Waals surface area contributed by atoms with Gasteiger partial charge in [0.1, 0.15) is 0 Å². The molecule has 0 saturated heterocycles. The number of allylic oxidation sites excluding steroid dienone is 1. The fourth-order valence-electron chi connectivity index (χ4n) is 4.83. The Morgan fingerprint density at radius 3 is 2.67 bits per heavy atom. The third-order valence-electron chi connectivity index (χ3n) is 6.29. The first-order valence-electron chi connectivity index (χ1n) is 10.2. The van der Waals surface area contributed by atoms with Crippen molar-refractivity contribution in [2.45, 2.75) is 44.9 Å². The number of benzene rings is 2. The summed E-state index contributed by atoms with van der Waals surface area (Å²) in [6.07, 6.45) is 11.8. The molecule has 1 saturated carbocycles. The SMILES string of the molecule is Cc1cccc(-c2cc(-c3ccc4c(c3)C=CC4C3CCCCC3)[nH]n2)c1. The van der Waals surface area contributed by atoms with Crippen molar-refractivity contribution < 1.29 is 0 Å². The van der Waals surface area contributed by atoms with Crippen LogP contribution in [0.1, 0.15) is 54.7 Å². The zero-order valence-electron chi connectivity index (χ0n) is 15.9. The van der Waals surface area contributed by atoms with Gasteiger partial charge in [-0.2, -0.15) is 5.10 Å². The van der Waals surface area contributed by atoms with E-state index < -0.39 is 0 Å².